The lowest BCUT2D eigenvalue weighted by atomic mass is 9.93. The average molecular weight is 419 g/mol. The molecule has 0 bridgehead atoms. The summed E-state index contributed by atoms with van der Waals surface area (Å²) in [7, 11) is 1.70. The van der Waals surface area contributed by atoms with E-state index in [2.05, 4.69) is 20.4 Å². The molecular weight excluding hydrogens is 392 g/mol. The monoisotopic (exact) mass is 418 g/mol. The largest absolute Gasteiger partial charge is 0.382 e. The highest BCUT2D eigenvalue weighted by Gasteiger charge is 2.22. The Morgan fingerprint density at radius 3 is 2.81 bits per heavy atom. The summed E-state index contributed by atoms with van der Waals surface area (Å²) in [6.45, 7) is 1.31. The molecule has 1 N–H and O–H groups in total. The Balaban J connectivity index is 1.27. The normalized spacial score (nSPS) is 19.1. The van der Waals surface area contributed by atoms with E-state index in [1.807, 2.05) is 47.2 Å². The van der Waals surface area contributed by atoms with Gasteiger partial charge in [0.05, 0.1) is 47.8 Å². The number of nitrogens with zero attached hydrogens (tertiary/aromatic N) is 5. The zero-order valence-corrected chi connectivity index (χ0v) is 17.6. The van der Waals surface area contributed by atoms with Crippen LogP contribution in [0.3, 0.4) is 0 Å². The van der Waals surface area contributed by atoms with Gasteiger partial charge in [0.25, 0.3) is 0 Å². The Labute approximate surface area is 180 Å². The molecule has 5 rings (SSSR count). The number of methoxy groups -OCH3 is 1. The van der Waals surface area contributed by atoms with Gasteiger partial charge >= 0.3 is 0 Å². The lowest BCUT2D eigenvalue weighted by molar-refractivity contribution is -0.00158. The number of hydrogen-bond acceptors (Lipinski definition) is 7. The molecule has 0 spiro atoms. The Bertz CT molecular complexity index is 1170. The van der Waals surface area contributed by atoms with E-state index >= 15 is 0 Å². The quantitative estimate of drug-likeness (QED) is 0.458. The minimum absolute atomic E-state index is 0.327. The van der Waals surface area contributed by atoms with Gasteiger partial charge < -0.3 is 14.8 Å². The van der Waals surface area contributed by atoms with Crippen molar-refractivity contribution in [3.63, 3.8) is 0 Å². The van der Waals surface area contributed by atoms with Gasteiger partial charge in [0, 0.05) is 31.1 Å². The molecule has 1 saturated carbocycles. The summed E-state index contributed by atoms with van der Waals surface area (Å²) in [4.78, 5) is 13.7. The third-order valence-corrected chi connectivity index (χ3v) is 5.80. The average Bonchev–Trinajstić information content (AvgIpc) is 3.23. The molecular formula is C23H26N6O2. The van der Waals surface area contributed by atoms with Gasteiger partial charge in [-0.2, -0.15) is 0 Å². The number of hydrogen-bond donors (Lipinski definition) is 1. The van der Waals surface area contributed by atoms with Crippen molar-refractivity contribution in [2.24, 2.45) is 0 Å². The van der Waals surface area contributed by atoms with E-state index in [0.29, 0.717) is 31.3 Å². The molecule has 4 aromatic rings. The fraction of sp³-hybridized carbons (Fsp3) is 0.391. The number of fused-ring (bicyclic) bond motifs is 2. The zero-order valence-electron chi connectivity index (χ0n) is 17.6. The maximum absolute atomic E-state index is 5.85. The van der Waals surface area contributed by atoms with Gasteiger partial charge in [0.1, 0.15) is 0 Å². The fourth-order valence-electron chi connectivity index (χ4n) is 4.14. The molecule has 8 nitrogen and oxygen atoms in total. The van der Waals surface area contributed by atoms with Crippen molar-refractivity contribution in [3.05, 3.63) is 48.9 Å². The number of ether oxygens (including phenoxy) is 2. The minimum Gasteiger partial charge on any atom is -0.382 e. The second kappa shape index (κ2) is 8.95. The first-order chi connectivity index (χ1) is 15.3. The first-order valence-corrected chi connectivity index (χ1v) is 10.7. The second-order valence-electron chi connectivity index (χ2n) is 7.86. The predicted octanol–water partition coefficient (Wildman–Crippen LogP) is 3.73. The van der Waals surface area contributed by atoms with E-state index in [4.69, 9.17) is 14.5 Å². The van der Waals surface area contributed by atoms with Crippen molar-refractivity contribution in [3.8, 4) is 11.3 Å². The van der Waals surface area contributed by atoms with E-state index in [9.17, 15) is 0 Å². The Morgan fingerprint density at radius 1 is 1.03 bits per heavy atom. The molecule has 8 heteroatoms. The summed E-state index contributed by atoms with van der Waals surface area (Å²) in [5.74, 6) is 0.647. The molecule has 0 unspecified atom stereocenters. The maximum atomic E-state index is 5.85. The molecule has 31 heavy (non-hydrogen) atoms. The van der Waals surface area contributed by atoms with Crippen LogP contribution in [0.25, 0.3) is 27.8 Å². The molecule has 0 radical (unpaired) electrons. The summed E-state index contributed by atoms with van der Waals surface area (Å²) in [6.07, 6.45) is 10.1. The van der Waals surface area contributed by atoms with Gasteiger partial charge in [-0.3, -0.25) is 4.98 Å². The van der Waals surface area contributed by atoms with E-state index < -0.39 is 0 Å². The van der Waals surface area contributed by atoms with Gasteiger partial charge in [0.15, 0.2) is 0 Å². The highest BCUT2D eigenvalue weighted by molar-refractivity contribution is 5.83. The fourth-order valence-corrected chi connectivity index (χ4v) is 4.14. The third-order valence-electron chi connectivity index (χ3n) is 5.80. The Morgan fingerprint density at radius 2 is 1.94 bits per heavy atom. The van der Waals surface area contributed by atoms with Crippen LogP contribution in [0.1, 0.15) is 25.7 Å². The van der Waals surface area contributed by atoms with Crippen molar-refractivity contribution >= 4 is 22.5 Å². The molecule has 4 aromatic heterocycles. The molecule has 1 aliphatic carbocycles. The molecule has 0 aromatic carbocycles. The first kappa shape index (κ1) is 19.8. The van der Waals surface area contributed by atoms with Crippen molar-refractivity contribution in [2.75, 3.05) is 25.6 Å². The summed E-state index contributed by atoms with van der Waals surface area (Å²) in [6, 6.07) is 10.2. The number of rotatable bonds is 7. The lowest BCUT2D eigenvalue weighted by Gasteiger charge is -2.29. The van der Waals surface area contributed by atoms with E-state index in [-0.39, 0.29) is 0 Å². The predicted molar refractivity (Wildman–Crippen MR) is 119 cm³/mol. The van der Waals surface area contributed by atoms with Gasteiger partial charge in [-0.25, -0.2) is 14.5 Å². The number of nitrogens with one attached hydrogen (secondary N) is 1. The van der Waals surface area contributed by atoms with Crippen molar-refractivity contribution in [1.82, 2.24) is 24.6 Å². The number of aromatic nitrogens is 5. The van der Waals surface area contributed by atoms with Crippen LogP contribution in [0, 0.1) is 0 Å². The Kier molecular flexibility index (Phi) is 5.73. The van der Waals surface area contributed by atoms with Gasteiger partial charge in [-0.05, 0) is 56.0 Å². The Hall–Kier alpha value is -3.10. The van der Waals surface area contributed by atoms with Crippen molar-refractivity contribution in [1.29, 1.82) is 0 Å². The summed E-state index contributed by atoms with van der Waals surface area (Å²) in [5, 5.41) is 8.15. The molecule has 1 fully saturated rings. The maximum Gasteiger partial charge on any atom is 0.241 e. The van der Waals surface area contributed by atoms with Crippen LogP contribution in [0.15, 0.2) is 48.9 Å². The topological polar surface area (TPSA) is 86.5 Å². The van der Waals surface area contributed by atoms with E-state index in [0.717, 1.165) is 53.5 Å². The summed E-state index contributed by atoms with van der Waals surface area (Å²) >= 11 is 0. The number of pyridine rings is 2. The zero-order chi connectivity index (χ0) is 21.0. The van der Waals surface area contributed by atoms with Crippen molar-refractivity contribution < 1.29 is 9.47 Å². The van der Waals surface area contributed by atoms with Crippen LogP contribution >= 0.6 is 0 Å². The molecule has 4 heterocycles. The molecule has 0 atom stereocenters. The van der Waals surface area contributed by atoms with E-state index in [1.54, 1.807) is 13.3 Å². The molecule has 160 valence electrons. The molecule has 1 aliphatic rings. The minimum atomic E-state index is 0.327. The first-order valence-electron chi connectivity index (χ1n) is 10.7. The summed E-state index contributed by atoms with van der Waals surface area (Å²) < 4.78 is 12.8. The lowest BCUT2D eigenvalue weighted by Crippen LogP contribution is -2.31. The highest BCUT2D eigenvalue weighted by atomic mass is 16.5. The SMILES string of the molecule is COCCOC1CCC(Nc2ncc3c(-c4ccc5ncccc5n4)ccn3n2)CC1. The number of anilines is 1. The second-order valence-corrected chi connectivity index (χ2v) is 7.86. The standard InChI is InChI=1S/C23H26N6O2/c1-30-13-14-31-17-6-4-16(5-7-17)26-23-25-15-22-18(10-12-29(22)28-23)19-8-9-20-21(27-19)3-2-11-24-20/h2-3,8-12,15-17H,4-7,13-14H2,1H3,(H,26,28). The van der Waals surface area contributed by atoms with E-state index in [1.165, 1.54) is 0 Å². The molecule has 0 saturated heterocycles. The van der Waals surface area contributed by atoms with Gasteiger partial charge in [0.2, 0.25) is 5.95 Å². The van der Waals surface area contributed by atoms with Gasteiger partial charge in [-0.15, -0.1) is 5.10 Å². The van der Waals surface area contributed by atoms with Crippen LogP contribution in [0.4, 0.5) is 5.95 Å². The van der Waals surface area contributed by atoms with Crippen LogP contribution < -0.4 is 5.32 Å². The third kappa shape index (κ3) is 4.35. The van der Waals surface area contributed by atoms with Crippen LogP contribution in [0.2, 0.25) is 0 Å². The van der Waals surface area contributed by atoms with Gasteiger partial charge in [-0.1, -0.05) is 0 Å². The molecule has 0 amide bonds. The van der Waals surface area contributed by atoms with Crippen LogP contribution in [0.5, 0.6) is 0 Å². The smallest absolute Gasteiger partial charge is 0.241 e. The van der Waals surface area contributed by atoms with Crippen LogP contribution in [-0.4, -0.2) is 57.0 Å². The van der Waals surface area contributed by atoms with Crippen LogP contribution in [-0.2, 0) is 9.47 Å². The summed E-state index contributed by atoms with van der Waals surface area (Å²) in [5.41, 5.74) is 4.58. The van der Waals surface area contributed by atoms with Crippen molar-refractivity contribution in [2.45, 2.75) is 37.8 Å². The molecule has 0 aliphatic heterocycles. The highest BCUT2D eigenvalue weighted by Crippen LogP contribution is 2.26.